The van der Waals surface area contributed by atoms with E-state index in [1.165, 1.54) is 24.6 Å². The first-order valence-electron chi connectivity index (χ1n) is 8.50. The van der Waals surface area contributed by atoms with Gasteiger partial charge in [-0.3, -0.25) is 14.3 Å². The van der Waals surface area contributed by atoms with E-state index in [1.54, 1.807) is 12.4 Å². The summed E-state index contributed by atoms with van der Waals surface area (Å²) in [5.41, 5.74) is 1.02. The maximum atomic E-state index is 12.1. The lowest BCUT2D eigenvalue weighted by atomic mass is 10.2. The highest BCUT2D eigenvalue weighted by atomic mass is 32.2. The SMILES string of the molecule is C[C@@H](NC(=O)CSc1nnc(-c2ccncc2)n1C1CC1)C1CC1. The molecule has 7 heteroatoms. The van der Waals surface area contributed by atoms with Crippen LogP contribution in [-0.2, 0) is 4.79 Å². The van der Waals surface area contributed by atoms with E-state index in [0.717, 1.165) is 29.4 Å². The van der Waals surface area contributed by atoms with Crippen molar-refractivity contribution in [3.8, 4) is 11.4 Å². The fourth-order valence-electron chi connectivity index (χ4n) is 2.87. The molecule has 0 unspecified atom stereocenters. The molecule has 0 bridgehead atoms. The number of pyridine rings is 1. The smallest absolute Gasteiger partial charge is 0.230 e. The van der Waals surface area contributed by atoms with E-state index in [9.17, 15) is 4.79 Å². The summed E-state index contributed by atoms with van der Waals surface area (Å²) in [5, 5.41) is 12.6. The van der Waals surface area contributed by atoms with Crippen molar-refractivity contribution in [2.75, 3.05) is 5.75 Å². The van der Waals surface area contributed by atoms with E-state index in [1.807, 2.05) is 12.1 Å². The number of nitrogens with zero attached hydrogens (tertiary/aromatic N) is 4. The zero-order valence-electron chi connectivity index (χ0n) is 13.7. The van der Waals surface area contributed by atoms with Gasteiger partial charge in [-0.15, -0.1) is 10.2 Å². The molecule has 2 saturated carbocycles. The number of nitrogens with one attached hydrogen (secondary N) is 1. The Morgan fingerprint density at radius 2 is 2.04 bits per heavy atom. The zero-order chi connectivity index (χ0) is 16.5. The van der Waals surface area contributed by atoms with Gasteiger partial charge in [0, 0.05) is 30.0 Å². The van der Waals surface area contributed by atoms with Gasteiger partial charge in [-0.1, -0.05) is 11.8 Å². The van der Waals surface area contributed by atoms with Crippen LogP contribution in [0.25, 0.3) is 11.4 Å². The molecule has 6 nitrogen and oxygen atoms in total. The molecule has 24 heavy (non-hydrogen) atoms. The van der Waals surface area contributed by atoms with Gasteiger partial charge in [0.1, 0.15) is 0 Å². The number of carbonyl (C=O) groups is 1. The minimum absolute atomic E-state index is 0.0789. The van der Waals surface area contributed by atoms with E-state index in [4.69, 9.17) is 0 Å². The molecular weight excluding hydrogens is 322 g/mol. The quantitative estimate of drug-likeness (QED) is 0.783. The normalized spacial score (nSPS) is 18.4. The number of rotatable bonds is 7. The fraction of sp³-hybridized carbons (Fsp3) is 0.529. The van der Waals surface area contributed by atoms with Gasteiger partial charge in [0.25, 0.3) is 0 Å². The predicted molar refractivity (Wildman–Crippen MR) is 92.6 cm³/mol. The van der Waals surface area contributed by atoms with Gasteiger partial charge in [-0.05, 0) is 50.7 Å². The molecule has 0 spiro atoms. The predicted octanol–water partition coefficient (Wildman–Crippen LogP) is 2.68. The maximum absolute atomic E-state index is 12.1. The van der Waals surface area contributed by atoms with Crippen LogP contribution in [0.1, 0.15) is 38.6 Å². The van der Waals surface area contributed by atoms with Gasteiger partial charge in [-0.2, -0.15) is 0 Å². The number of aromatic nitrogens is 4. The van der Waals surface area contributed by atoms with Gasteiger partial charge in [-0.25, -0.2) is 0 Å². The number of carbonyl (C=O) groups excluding carboxylic acids is 1. The van der Waals surface area contributed by atoms with E-state index in [-0.39, 0.29) is 11.9 Å². The van der Waals surface area contributed by atoms with Crippen molar-refractivity contribution in [3.63, 3.8) is 0 Å². The monoisotopic (exact) mass is 343 g/mol. The van der Waals surface area contributed by atoms with Crippen molar-refractivity contribution in [2.45, 2.75) is 49.8 Å². The summed E-state index contributed by atoms with van der Waals surface area (Å²) >= 11 is 1.47. The minimum atomic E-state index is 0.0789. The lowest BCUT2D eigenvalue weighted by molar-refractivity contribution is -0.119. The Bertz CT molecular complexity index is 724. The van der Waals surface area contributed by atoms with E-state index >= 15 is 0 Å². The van der Waals surface area contributed by atoms with Crippen molar-refractivity contribution in [3.05, 3.63) is 24.5 Å². The highest BCUT2D eigenvalue weighted by Gasteiger charge is 2.31. The van der Waals surface area contributed by atoms with Crippen molar-refractivity contribution in [2.24, 2.45) is 5.92 Å². The van der Waals surface area contributed by atoms with Crippen LogP contribution < -0.4 is 5.32 Å². The average Bonchev–Trinajstić information content (AvgIpc) is 3.51. The molecule has 1 N–H and O–H groups in total. The molecule has 2 heterocycles. The highest BCUT2D eigenvalue weighted by molar-refractivity contribution is 7.99. The van der Waals surface area contributed by atoms with Crippen molar-refractivity contribution in [1.29, 1.82) is 0 Å². The average molecular weight is 343 g/mol. The summed E-state index contributed by atoms with van der Waals surface area (Å²) in [4.78, 5) is 16.2. The highest BCUT2D eigenvalue weighted by Crippen LogP contribution is 2.41. The lowest BCUT2D eigenvalue weighted by Gasteiger charge is -2.12. The first-order chi connectivity index (χ1) is 11.7. The first kappa shape index (κ1) is 15.6. The van der Waals surface area contributed by atoms with Crippen LogP contribution in [-0.4, -0.2) is 37.5 Å². The molecule has 0 radical (unpaired) electrons. The number of hydrogen-bond acceptors (Lipinski definition) is 5. The molecule has 0 aromatic carbocycles. The summed E-state index contributed by atoms with van der Waals surface area (Å²) in [6.45, 7) is 2.09. The molecule has 2 aliphatic carbocycles. The molecule has 1 amide bonds. The van der Waals surface area contributed by atoms with Gasteiger partial charge < -0.3 is 5.32 Å². The van der Waals surface area contributed by atoms with Crippen LogP contribution in [0.5, 0.6) is 0 Å². The Morgan fingerprint density at radius 1 is 1.29 bits per heavy atom. The number of amides is 1. The second-order valence-corrected chi connectivity index (χ2v) is 7.57. The molecule has 4 rings (SSSR count). The summed E-state index contributed by atoms with van der Waals surface area (Å²) < 4.78 is 2.18. The van der Waals surface area contributed by atoms with Crippen LogP contribution in [0.4, 0.5) is 0 Å². The van der Waals surface area contributed by atoms with Crippen LogP contribution >= 0.6 is 11.8 Å². The van der Waals surface area contributed by atoms with Gasteiger partial charge in [0.2, 0.25) is 5.91 Å². The molecule has 2 aromatic heterocycles. The standard InChI is InChI=1S/C17H21N5OS/c1-11(12-2-3-12)19-15(23)10-24-17-21-20-16(22(17)14-4-5-14)13-6-8-18-9-7-13/h6-9,11-12,14H,2-5,10H2,1H3,(H,19,23)/t11-/m1/s1. The topological polar surface area (TPSA) is 72.7 Å². The van der Waals surface area contributed by atoms with Crippen LogP contribution in [0.2, 0.25) is 0 Å². The van der Waals surface area contributed by atoms with Gasteiger partial charge in [0.15, 0.2) is 11.0 Å². The third-order valence-electron chi connectivity index (χ3n) is 4.57. The molecule has 0 aliphatic heterocycles. The molecule has 2 aliphatic rings. The molecular formula is C17H21N5OS. The Kier molecular flexibility index (Phi) is 4.26. The van der Waals surface area contributed by atoms with Crippen molar-refractivity contribution < 1.29 is 4.79 Å². The van der Waals surface area contributed by atoms with Crippen LogP contribution in [0, 0.1) is 5.92 Å². The second kappa shape index (κ2) is 6.55. The second-order valence-electron chi connectivity index (χ2n) is 6.63. The van der Waals surface area contributed by atoms with Crippen LogP contribution in [0.3, 0.4) is 0 Å². The van der Waals surface area contributed by atoms with Crippen molar-refractivity contribution in [1.82, 2.24) is 25.1 Å². The van der Waals surface area contributed by atoms with Gasteiger partial charge in [0.05, 0.1) is 5.75 Å². The Hall–Kier alpha value is -1.89. The van der Waals surface area contributed by atoms with Gasteiger partial charge >= 0.3 is 0 Å². The van der Waals surface area contributed by atoms with E-state index in [0.29, 0.717) is 17.7 Å². The summed E-state index contributed by atoms with van der Waals surface area (Å²) in [6.07, 6.45) is 8.30. The van der Waals surface area contributed by atoms with E-state index in [2.05, 4.69) is 32.0 Å². The number of hydrogen-bond donors (Lipinski definition) is 1. The minimum Gasteiger partial charge on any atom is -0.353 e. The Balaban J connectivity index is 1.45. The maximum Gasteiger partial charge on any atom is 0.230 e. The van der Waals surface area contributed by atoms with Crippen molar-refractivity contribution >= 4 is 17.7 Å². The molecule has 2 fully saturated rings. The molecule has 0 saturated heterocycles. The largest absolute Gasteiger partial charge is 0.353 e. The fourth-order valence-corrected chi connectivity index (χ4v) is 3.69. The Morgan fingerprint density at radius 3 is 2.71 bits per heavy atom. The molecule has 126 valence electrons. The zero-order valence-corrected chi connectivity index (χ0v) is 14.5. The summed E-state index contributed by atoms with van der Waals surface area (Å²) in [6, 6.07) is 4.63. The summed E-state index contributed by atoms with van der Waals surface area (Å²) in [5.74, 6) is 2.01. The third kappa shape index (κ3) is 3.45. The third-order valence-corrected chi connectivity index (χ3v) is 5.51. The first-order valence-corrected chi connectivity index (χ1v) is 9.48. The molecule has 1 atom stereocenters. The number of thioether (sulfide) groups is 1. The van der Waals surface area contributed by atoms with E-state index < -0.39 is 0 Å². The summed E-state index contributed by atoms with van der Waals surface area (Å²) in [7, 11) is 0. The lowest BCUT2D eigenvalue weighted by Crippen LogP contribution is -2.35. The van der Waals surface area contributed by atoms with Crippen LogP contribution in [0.15, 0.2) is 29.7 Å². The molecule has 2 aromatic rings. The Labute approximate surface area is 145 Å².